The largest absolute Gasteiger partial charge is 0.444 e. The number of ether oxygens (including phenoxy) is 2. The van der Waals surface area contributed by atoms with Crippen molar-refractivity contribution < 1.29 is 41.0 Å². The van der Waals surface area contributed by atoms with Crippen LogP contribution in [0.4, 0.5) is 31.5 Å². The summed E-state index contributed by atoms with van der Waals surface area (Å²) >= 11 is 0. The van der Waals surface area contributed by atoms with E-state index in [-0.39, 0.29) is 29.3 Å². The van der Waals surface area contributed by atoms with Gasteiger partial charge in [-0.25, -0.2) is 18.4 Å². The molecule has 0 aromatic carbocycles. The summed E-state index contributed by atoms with van der Waals surface area (Å²) in [5, 5.41) is 0. The lowest BCUT2D eigenvalue weighted by Crippen LogP contribution is -2.42. The van der Waals surface area contributed by atoms with Crippen molar-refractivity contribution in [3.05, 3.63) is 0 Å². The molecule has 2 heterocycles. The molecule has 0 aromatic heterocycles. The fourth-order valence-corrected chi connectivity index (χ4v) is 19.6. The third-order valence-corrected chi connectivity index (χ3v) is 31.8. The SMILES string of the molecule is CC(C)C1(C(F)(F)F)CC1.CC(C)C1(C)CCC1.CC(C)C1CC(C)(F)C1.CC(C)C1CC1.CC(C)C1CCC1.CC(C)C1CCC1.CC(C)C1CCC1(C)F.CC(C)C1CCCC1.CC(C)C1CCCC1.CC(C)C1CCCCC1.CC(C)C1CCCCC1.CC(C)C1CCN(C(=O)OC(C)(C)C)C1.CC(C)C1CCN(C(=O)OC(C)(C)C)CC1. The van der Waals surface area contributed by atoms with E-state index in [9.17, 15) is 31.5 Å². The number of amides is 2. The third kappa shape index (κ3) is 49.1. The normalized spacial score (nSPS) is 25.5. The van der Waals surface area contributed by atoms with Crippen LogP contribution in [0.2, 0.25) is 0 Å². The smallest absolute Gasteiger partial charge is 0.410 e. The molecule has 6 nitrogen and oxygen atoms in total. The summed E-state index contributed by atoms with van der Waals surface area (Å²) in [6.45, 7) is 78.8. The minimum Gasteiger partial charge on any atom is -0.444 e. The van der Waals surface area contributed by atoms with Crippen molar-refractivity contribution in [2.24, 2.45) is 153 Å². The maximum atomic E-state index is 13.1. The molecule has 0 aromatic rings. The van der Waals surface area contributed by atoms with Gasteiger partial charge in [-0.05, 0) is 286 Å². The van der Waals surface area contributed by atoms with E-state index in [2.05, 4.69) is 173 Å². The van der Waals surface area contributed by atoms with E-state index < -0.39 is 22.9 Å². The van der Waals surface area contributed by atoms with Crippen LogP contribution in [-0.4, -0.2) is 76.9 Å². The molecule has 0 spiro atoms. The van der Waals surface area contributed by atoms with Crippen molar-refractivity contribution in [1.29, 1.82) is 0 Å². The number of rotatable bonds is 13. The second-order valence-electron chi connectivity index (χ2n) is 48.5. The van der Waals surface area contributed by atoms with Gasteiger partial charge in [0.05, 0.1) is 5.41 Å². The fourth-order valence-electron chi connectivity index (χ4n) is 19.6. The molecule has 3 atom stereocenters. The summed E-state index contributed by atoms with van der Waals surface area (Å²) in [5.74, 6) is 19.7. The van der Waals surface area contributed by atoms with Crippen LogP contribution in [0, 0.1) is 153 Å². The number of alkyl halides is 5. The van der Waals surface area contributed by atoms with Gasteiger partial charge in [0, 0.05) is 26.2 Å². The Hall–Kier alpha value is -1.81. The van der Waals surface area contributed by atoms with Gasteiger partial charge in [-0.15, -0.1) is 0 Å². The lowest BCUT2D eigenvalue weighted by molar-refractivity contribution is -0.199. The maximum Gasteiger partial charge on any atom is 0.410 e. The van der Waals surface area contributed by atoms with Crippen molar-refractivity contribution in [3.8, 4) is 0 Å². The van der Waals surface area contributed by atoms with Crippen molar-refractivity contribution in [1.82, 2.24) is 9.80 Å². The molecular weight excluding hydrogens is 1510 g/mol. The summed E-state index contributed by atoms with van der Waals surface area (Å²) in [7, 11) is 0. The first kappa shape index (κ1) is 117. The van der Waals surface area contributed by atoms with Crippen molar-refractivity contribution in [3.63, 3.8) is 0 Å². The summed E-state index contributed by atoms with van der Waals surface area (Å²) in [5.41, 5.74) is -3.02. The van der Waals surface area contributed by atoms with Crippen molar-refractivity contribution in [2.75, 3.05) is 26.2 Å². The summed E-state index contributed by atoms with van der Waals surface area (Å²) in [4.78, 5) is 27.2. The lowest BCUT2D eigenvalue weighted by atomic mass is 9.64. The molecule has 11 heteroatoms. The van der Waals surface area contributed by atoms with Gasteiger partial charge in [-0.3, -0.25) is 0 Å². The van der Waals surface area contributed by atoms with Gasteiger partial charge < -0.3 is 19.3 Å². The van der Waals surface area contributed by atoms with Crippen LogP contribution in [0.15, 0.2) is 0 Å². The quantitative estimate of drug-likeness (QED) is 0.172. The van der Waals surface area contributed by atoms with Gasteiger partial charge in [0.2, 0.25) is 0 Å². The third-order valence-electron chi connectivity index (χ3n) is 31.8. The maximum absolute atomic E-state index is 13.1. The Morgan fingerprint density at radius 3 is 0.694 bits per heavy atom. The Morgan fingerprint density at radius 2 is 0.562 bits per heavy atom. The topological polar surface area (TPSA) is 59.1 Å². The van der Waals surface area contributed by atoms with Crippen molar-refractivity contribution >= 4 is 12.2 Å². The predicted molar refractivity (Wildman–Crippen MR) is 518 cm³/mol. The highest BCUT2D eigenvalue weighted by atomic mass is 19.4. The zero-order chi connectivity index (χ0) is 92.8. The highest BCUT2D eigenvalue weighted by Crippen LogP contribution is 2.62. The molecule has 0 N–H and O–H groups in total. The molecule has 2 aliphatic heterocycles. The van der Waals surface area contributed by atoms with E-state index in [1.54, 1.807) is 27.7 Å². The molecule has 13 aliphatic rings. The number of carbonyl (C=O) groups excluding carboxylic acids is 2. The van der Waals surface area contributed by atoms with Gasteiger partial charge in [0.1, 0.15) is 22.5 Å². The minimum absolute atomic E-state index is 0.158. The minimum atomic E-state index is -3.97. The first-order chi connectivity index (χ1) is 55.8. The zero-order valence-electron chi connectivity index (χ0n) is 87.5. The molecule has 11 aliphatic carbocycles. The van der Waals surface area contributed by atoms with Gasteiger partial charge >= 0.3 is 18.4 Å². The molecule has 13 rings (SSSR count). The Bertz CT molecular complexity index is 2500. The van der Waals surface area contributed by atoms with E-state index in [1.165, 1.54) is 186 Å². The van der Waals surface area contributed by atoms with Gasteiger partial charge in [0.25, 0.3) is 0 Å². The first-order valence-corrected chi connectivity index (χ1v) is 52.2. The number of nitrogens with zero attached hydrogens (tertiary/aromatic N) is 2. The average Bonchev–Trinajstić information content (AvgIpc) is 1.58. The fraction of sp³-hybridized carbons (Fsp3) is 0.982. The van der Waals surface area contributed by atoms with E-state index in [0.717, 1.165) is 177 Å². The van der Waals surface area contributed by atoms with Crippen LogP contribution in [0.1, 0.15) is 486 Å². The van der Waals surface area contributed by atoms with E-state index in [0.29, 0.717) is 48.3 Å². The average molecular weight is 1720 g/mol. The van der Waals surface area contributed by atoms with Gasteiger partial charge in [0.15, 0.2) is 0 Å². The summed E-state index contributed by atoms with van der Waals surface area (Å²) in [6, 6.07) is 0. The molecule has 2 saturated heterocycles. The van der Waals surface area contributed by atoms with Crippen LogP contribution in [0.5, 0.6) is 0 Å². The Kier molecular flexibility index (Phi) is 55.6. The van der Waals surface area contributed by atoms with Crippen LogP contribution >= 0.6 is 0 Å². The Labute approximate surface area is 752 Å². The molecule has 0 radical (unpaired) electrons. The first-order valence-electron chi connectivity index (χ1n) is 52.2. The summed E-state index contributed by atoms with van der Waals surface area (Å²) < 4.78 is 73.1. The standard InChI is InChI=1S/C13H25NO2.C12H23NO2.2C9H18.2C8H15F.3C8H16.C7H11F3.2C7H14.C6H12/c1-10(2)11-6-8-14(9-7-11)12(15)16-13(3,4)5;1-9(2)10-6-7-13(8-10)11(14)15-12(3,4)5;2*1-8(2)9-6-4-3-5-7-9;1-6(2)7-4-8(3,9)5-7;1-6(2)7-4-5-8(7,3)9;1-7(2)8(3)5-4-6-8;2*1-7(2)8-5-3-4-6-8;1-5(2)6(3-4-6)7(8,9)10;2*1-6(2)7-4-3-5-7;1-5(2)6-3-4-6/h10-11H,6-9H2,1-5H3;9-10H,6-8H2,1-5H3;2*8-9H,3-7H2,1-2H3;2*6-7H,4-5H2,1-3H3;7H,4-6H2,1-3H3;2*7-8H,3-6H2,1-2H3;5H,3-4H2,1-2H3;2*6-7H,3-5H2,1-2H3;5-6H,3-4H2,1-2H3. The Balaban J connectivity index is 0.000000661. The van der Waals surface area contributed by atoms with Crippen LogP contribution in [0.3, 0.4) is 0 Å². The zero-order valence-corrected chi connectivity index (χ0v) is 87.5. The highest BCUT2D eigenvalue weighted by molar-refractivity contribution is 5.68. The second-order valence-corrected chi connectivity index (χ2v) is 48.5. The van der Waals surface area contributed by atoms with Crippen molar-refractivity contribution in [2.45, 2.75) is 515 Å². The molecule has 0 bridgehead atoms. The van der Waals surface area contributed by atoms with Crippen LogP contribution in [0.25, 0.3) is 0 Å². The molecular formula is C110H213F5N2O4. The Morgan fingerprint density at radius 1 is 0.298 bits per heavy atom. The molecule has 11 saturated carbocycles. The lowest BCUT2D eigenvalue weighted by Gasteiger charge is -2.43. The van der Waals surface area contributed by atoms with Gasteiger partial charge in [-0.2, -0.15) is 13.2 Å². The molecule has 2 amide bonds. The van der Waals surface area contributed by atoms with Crippen LogP contribution in [-0.2, 0) is 9.47 Å². The molecule has 3 unspecified atom stereocenters. The monoisotopic (exact) mass is 1720 g/mol. The molecule has 121 heavy (non-hydrogen) atoms. The number of carbonyl (C=O) groups is 2. The number of halogens is 5. The molecule has 722 valence electrons. The number of hydrogen-bond acceptors (Lipinski definition) is 4. The van der Waals surface area contributed by atoms with E-state index in [4.69, 9.17) is 9.47 Å². The van der Waals surface area contributed by atoms with Crippen LogP contribution < -0.4 is 0 Å². The van der Waals surface area contributed by atoms with E-state index in [1.807, 2.05) is 51.3 Å². The second kappa shape index (κ2) is 57.4. The number of hydrogen-bond donors (Lipinski definition) is 0. The number of likely N-dealkylation sites (tertiary alicyclic amines) is 2. The highest BCUT2D eigenvalue weighted by Gasteiger charge is 2.64. The predicted octanol–water partition coefficient (Wildman–Crippen LogP) is 36.6. The summed E-state index contributed by atoms with van der Waals surface area (Å²) in [6.07, 6.45) is 46.3. The number of piperidine rings is 1. The van der Waals surface area contributed by atoms with E-state index >= 15 is 0 Å². The van der Waals surface area contributed by atoms with Gasteiger partial charge in [-0.1, -0.05) is 347 Å². The molecule has 13 fully saturated rings.